The molecular weight excluding hydrogens is 242 g/mol. The van der Waals surface area contributed by atoms with Crippen molar-refractivity contribution in [3.8, 4) is 0 Å². The zero-order chi connectivity index (χ0) is 11.5. The number of halogens is 1. The molecule has 2 N–H and O–H groups in total. The molecule has 0 aliphatic carbocycles. The Balaban J connectivity index is 0.00000144. The van der Waals surface area contributed by atoms with Crippen LogP contribution in [-0.4, -0.2) is 41.5 Å². The van der Waals surface area contributed by atoms with Crippen molar-refractivity contribution in [1.29, 1.82) is 0 Å². The zero-order valence-corrected chi connectivity index (χ0v) is 10.4. The highest BCUT2D eigenvalue weighted by atomic mass is 35.5. The summed E-state index contributed by atoms with van der Waals surface area (Å²) in [5.74, 6) is -0.0694. The molecule has 1 aromatic heterocycles. The molecule has 1 atom stereocenters. The number of aromatic nitrogens is 1. The number of nitrogens with zero attached hydrogens (tertiary/aromatic N) is 1. The maximum Gasteiger partial charge on any atom is 0.254 e. The van der Waals surface area contributed by atoms with Crippen LogP contribution in [0.3, 0.4) is 0 Å². The third kappa shape index (κ3) is 3.08. The minimum atomic E-state index is -0.242. The molecule has 2 heterocycles. The van der Waals surface area contributed by atoms with Crippen molar-refractivity contribution in [2.24, 2.45) is 0 Å². The SMILES string of the molecule is CC1CNCCN1C(=O)c1cc[nH]c(=O)c1.Cl. The molecule has 5 nitrogen and oxygen atoms in total. The number of nitrogens with one attached hydrogen (secondary N) is 2. The van der Waals surface area contributed by atoms with Gasteiger partial charge in [0.2, 0.25) is 5.56 Å². The van der Waals surface area contributed by atoms with Crippen LogP contribution < -0.4 is 10.9 Å². The molecule has 6 heteroatoms. The highest BCUT2D eigenvalue weighted by Gasteiger charge is 2.23. The fraction of sp³-hybridized carbons (Fsp3) is 0.455. The van der Waals surface area contributed by atoms with E-state index in [9.17, 15) is 9.59 Å². The molecule has 1 amide bonds. The number of hydrogen-bond acceptors (Lipinski definition) is 3. The monoisotopic (exact) mass is 257 g/mol. The van der Waals surface area contributed by atoms with Gasteiger partial charge in [-0.1, -0.05) is 0 Å². The molecule has 1 aliphatic heterocycles. The van der Waals surface area contributed by atoms with Gasteiger partial charge in [-0.3, -0.25) is 9.59 Å². The third-order valence-electron chi connectivity index (χ3n) is 2.78. The van der Waals surface area contributed by atoms with E-state index in [-0.39, 0.29) is 29.9 Å². The van der Waals surface area contributed by atoms with Crippen molar-refractivity contribution in [3.05, 3.63) is 34.2 Å². The Hall–Kier alpha value is -1.33. The van der Waals surface area contributed by atoms with E-state index in [1.54, 1.807) is 11.0 Å². The average molecular weight is 258 g/mol. The Morgan fingerprint density at radius 1 is 1.53 bits per heavy atom. The second-order valence-electron chi connectivity index (χ2n) is 3.99. The fourth-order valence-corrected chi connectivity index (χ4v) is 1.89. The van der Waals surface area contributed by atoms with Gasteiger partial charge in [0.25, 0.3) is 5.91 Å². The first-order valence-corrected chi connectivity index (χ1v) is 5.39. The summed E-state index contributed by atoms with van der Waals surface area (Å²) in [5, 5.41) is 3.22. The van der Waals surface area contributed by atoms with Crippen molar-refractivity contribution in [2.45, 2.75) is 13.0 Å². The molecular formula is C11H16ClN3O2. The van der Waals surface area contributed by atoms with Crippen LogP contribution in [0.5, 0.6) is 0 Å². The first-order chi connectivity index (χ1) is 7.68. The number of carbonyl (C=O) groups excluding carboxylic acids is 1. The maximum absolute atomic E-state index is 12.1. The number of amides is 1. The van der Waals surface area contributed by atoms with E-state index < -0.39 is 0 Å². The molecule has 17 heavy (non-hydrogen) atoms. The van der Waals surface area contributed by atoms with Gasteiger partial charge < -0.3 is 15.2 Å². The lowest BCUT2D eigenvalue weighted by Crippen LogP contribution is -2.52. The molecule has 0 radical (unpaired) electrons. The van der Waals surface area contributed by atoms with Crippen molar-refractivity contribution in [3.63, 3.8) is 0 Å². The topological polar surface area (TPSA) is 65.2 Å². The number of aromatic amines is 1. The number of carbonyl (C=O) groups is 1. The van der Waals surface area contributed by atoms with Crippen molar-refractivity contribution >= 4 is 18.3 Å². The average Bonchev–Trinajstić information content (AvgIpc) is 2.29. The molecule has 0 saturated carbocycles. The van der Waals surface area contributed by atoms with E-state index >= 15 is 0 Å². The van der Waals surface area contributed by atoms with Gasteiger partial charge in [-0.15, -0.1) is 12.4 Å². The van der Waals surface area contributed by atoms with Crippen LogP contribution in [0.25, 0.3) is 0 Å². The Kier molecular flexibility index (Phi) is 4.72. The maximum atomic E-state index is 12.1. The second kappa shape index (κ2) is 5.84. The highest BCUT2D eigenvalue weighted by Crippen LogP contribution is 2.08. The van der Waals surface area contributed by atoms with Crippen LogP contribution in [-0.2, 0) is 0 Å². The summed E-state index contributed by atoms with van der Waals surface area (Å²) in [6.07, 6.45) is 1.50. The zero-order valence-electron chi connectivity index (χ0n) is 9.60. The smallest absolute Gasteiger partial charge is 0.254 e. The molecule has 1 saturated heterocycles. The number of pyridine rings is 1. The van der Waals surface area contributed by atoms with E-state index in [1.807, 2.05) is 6.92 Å². The van der Waals surface area contributed by atoms with Crippen molar-refractivity contribution in [1.82, 2.24) is 15.2 Å². The summed E-state index contributed by atoms with van der Waals surface area (Å²) >= 11 is 0. The summed E-state index contributed by atoms with van der Waals surface area (Å²) in [4.78, 5) is 27.5. The minimum absolute atomic E-state index is 0. The molecule has 1 aliphatic rings. The molecule has 0 bridgehead atoms. The van der Waals surface area contributed by atoms with E-state index in [0.29, 0.717) is 12.1 Å². The van der Waals surface area contributed by atoms with Gasteiger partial charge in [0.05, 0.1) is 0 Å². The molecule has 0 aromatic carbocycles. The van der Waals surface area contributed by atoms with Crippen molar-refractivity contribution < 1.29 is 4.79 Å². The Bertz CT molecular complexity index is 446. The fourth-order valence-electron chi connectivity index (χ4n) is 1.89. The predicted octanol–water partition coefficient (Wildman–Crippen LogP) is 0.231. The quantitative estimate of drug-likeness (QED) is 0.757. The Morgan fingerprint density at radius 3 is 2.94 bits per heavy atom. The number of H-pyrrole nitrogens is 1. The van der Waals surface area contributed by atoms with Crippen LogP contribution in [0.4, 0.5) is 0 Å². The largest absolute Gasteiger partial charge is 0.333 e. The highest BCUT2D eigenvalue weighted by molar-refractivity contribution is 5.94. The lowest BCUT2D eigenvalue weighted by Gasteiger charge is -2.33. The van der Waals surface area contributed by atoms with E-state index in [4.69, 9.17) is 0 Å². The van der Waals surface area contributed by atoms with E-state index in [2.05, 4.69) is 10.3 Å². The van der Waals surface area contributed by atoms with Gasteiger partial charge in [0, 0.05) is 43.5 Å². The van der Waals surface area contributed by atoms with E-state index in [0.717, 1.165) is 13.1 Å². The third-order valence-corrected chi connectivity index (χ3v) is 2.78. The van der Waals surface area contributed by atoms with Gasteiger partial charge in [0.15, 0.2) is 0 Å². The minimum Gasteiger partial charge on any atom is -0.333 e. The summed E-state index contributed by atoms with van der Waals surface area (Å²) < 4.78 is 0. The van der Waals surface area contributed by atoms with Gasteiger partial charge in [0.1, 0.15) is 0 Å². The van der Waals surface area contributed by atoms with Crippen molar-refractivity contribution in [2.75, 3.05) is 19.6 Å². The molecule has 0 spiro atoms. The van der Waals surface area contributed by atoms with Crippen LogP contribution in [0.2, 0.25) is 0 Å². The molecule has 94 valence electrons. The van der Waals surface area contributed by atoms with Crippen LogP contribution in [0.1, 0.15) is 17.3 Å². The lowest BCUT2D eigenvalue weighted by atomic mass is 10.1. The Morgan fingerprint density at radius 2 is 2.29 bits per heavy atom. The first kappa shape index (κ1) is 13.7. The Labute approximate surface area is 106 Å². The standard InChI is InChI=1S/C11H15N3O2.ClH/c1-8-7-12-4-5-14(8)11(16)9-2-3-13-10(15)6-9;/h2-3,6,8,12H,4-5,7H2,1H3,(H,13,15);1H. The van der Waals surface area contributed by atoms with Crippen LogP contribution >= 0.6 is 12.4 Å². The van der Waals surface area contributed by atoms with Crippen LogP contribution in [0.15, 0.2) is 23.1 Å². The van der Waals surface area contributed by atoms with Crippen LogP contribution in [0, 0.1) is 0 Å². The summed E-state index contributed by atoms with van der Waals surface area (Å²) in [6.45, 7) is 4.29. The normalized spacial score (nSPS) is 19.6. The summed E-state index contributed by atoms with van der Waals surface area (Å²) in [7, 11) is 0. The summed E-state index contributed by atoms with van der Waals surface area (Å²) in [6, 6.07) is 3.15. The molecule has 1 aromatic rings. The second-order valence-corrected chi connectivity index (χ2v) is 3.99. The number of piperazine rings is 1. The number of rotatable bonds is 1. The lowest BCUT2D eigenvalue weighted by molar-refractivity contribution is 0.0655. The van der Waals surface area contributed by atoms with Gasteiger partial charge in [-0.05, 0) is 13.0 Å². The predicted molar refractivity (Wildman–Crippen MR) is 67.7 cm³/mol. The molecule has 1 unspecified atom stereocenters. The van der Waals surface area contributed by atoms with Gasteiger partial charge in [-0.2, -0.15) is 0 Å². The van der Waals surface area contributed by atoms with Gasteiger partial charge in [-0.25, -0.2) is 0 Å². The van der Waals surface area contributed by atoms with E-state index in [1.165, 1.54) is 12.3 Å². The molecule has 1 fully saturated rings. The summed E-state index contributed by atoms with van der Waals surface area (Å²) in [5.41, 5.74) is 0.214. The van der Waals surface area contributed by atoms with Gasteiger partial charge >= 0.3 is 0 Å². The molecule has 2 rings (SSSR count). The number of hydrogen-bond donors (Lipinski definition) is 2. The first-order valence-electron chi connectivity index (χ1n) is 5.39.